The van der Waals surface area contributed by atoms with Crippen LogP contribution in [-0.4, -0.2) is 8.58 Å². The maximum atomic E-state index is 11.3. The Labute approximate surface area is 89.7 Å². The van der Waals surface area contributed by atoms with Gasteiger partial charge in [0.1, 0.15) is 0 Å². The summed E-state index contributed by atoms with van der Waals surface area (Å²) in [5.74, 6) is 0. The maximum absolute atomic E-state index is 11.3. The number of rotatable bonds is 0. The Bertz CT molecular complexity index is 560. The highest BCUT2D eigenvalue weighted by Gasteiger charge is 2.03. The highest BCUT2D eigenvalue weighted by atomic mass is 79.9. The second kappa shape index (κ2) is 3.20. The lowest BCUT2D eigenvalue weighted by Crippen LogP contribution is -2.12. The van der Waals surface area contributed by atoms with Gasteiger partial charge in [-0.25, -0.2) is 8.58 Å². The molecule has 1 aromatic heterocycles. The van der Waals surface area contributed by atoms with Crippen molar-refractivity contribution in [2.24, 2.45) is 0 Å². The van der Waals surface area contributed by atoms with Gasteiger partial charge in [-0.05, 0) is 37.1 Å². The van der Waals surface area contributed by atoms with Gasteiger partial charge in [-0.1, -0.05) is 0 Å². The number of fused-ring (bicyclic) bond motifs is 1. The molecule has 1 aromatic carbocycles. The molecule has 14 heavy (non-hydrogen) atoms. The van der Waals surface area contributed by atoms with Gasteiger partial charge in [0.2, 0.25) is 0 Å². The summed E-state index contributed by atoms with van der Waals surface area (Å²) >= 11 is 3.20. The lowest BCUT2D eigenvalue weighted by atomic mass is 10.1. The average Bonchev–Trinajstić information content (AvgIpc) is 2.15. The van der Waals surface area contributed by atoms with Crippen molar-refractivity contribution in [1.82, 2.24) is 8.58 Å². The third kappa shape index (κ3) is 1.35. The molecule has 1 heterocycles. The van der Waals surface area contributed by atoms with Gasteiger partial charge in [-0.15, -0.1) is 0 Å². The van der Waals surface area contributed by atoms with Gasteiger partial charge in [-0.3, -0.25) is 4.79 Å². The highest BCUT2D eigenvalue weighted by molar-refractivity contribution is 9.08. The van der Waals surface area contributed by atoms with Crippen LogP contribution in [0.5, 0.6) is 0 Å². The monoisotopic (exact) mass is 252 g/mol. The van der Waals surface area contributed by atoms with Crippen LogP contribution in [0.4, 0.5) is 0 Å². The van der Waals surface area contributed by atoms with Crippen molar-refractivity contribution in [3.05, 3.63) is 39.8 Å². The van der Waals surface area contributed by atoms with Crippen molar-refractivity contribution in [2.45, 2.75) is 13.8 Å². The molecule has 0 radical (unpaired) electrons. The van der Waals surface area contributed by atoms with E-state index in [1.807, 2.05) is 26.0 Å². The van der Waals surface area contributed by atoms with Gasteiger partial charge in [0, 0.05) is 0 Å². The number of halogens is 1. The molecule has 0 saturated heterocycles. The molecule has 72 valence electrons. The van der Waals surface area contributed by atoms with E-state index in [0.29, 0.717) is 0 Å². The number of aromatic nitrogens is 2. The van der Waals surface area contributed by atoms with Crippen molar-refractivity contribution < 1.29 is 0 Å². The largest absolute Gasteiger partial charge is 0.279 e. The molecule has 0 N–H and O–H groups in total. The van der Waals surface area contributed by atoms with Crippen molar-refractivity contribution in [1.29, 1.82) is 0 Å². The normalized spacial score (nSPS) is 10.8. The van der Waals surface area contributed by atoms with E-state index < -0.39 is 0 Å². The first-order valence-electron chi connectivity index (χ1n) is 4.25. The first-order valence-corrected chi connectivity index (χ1v) is 4.95. The molecular formula is C10H9BrN2O. The van der Waals surface area contributed by atoms with E-state index in [1.165, 1.54) is 15.4 Å². The number of hydrogen-bond acceptors (Lipinski definition) is 2. The fraction of sp³-hybridized carbons (Fsp3) is 0.200. The van der Waals surface area contributed by atoms with E-state index >= 15 is 0 Å². The Kier molecular flexibility index (Phi) is 2.15. The van der Waals surface area contributed by atoms with E-state index in [1.54, 1.807) is 0 Å². The minimum Gasteiger partial charge on any atom is -0.267 e. The van der Waals surface area contributed by atoms with Crippen LogP contribution in [0.1, 0.15) is 11.1 Å². The Hall–Kier alpha value is -1.16. The van der Waals surface area contributed by atoms with E-state index in [2.05, 4.69) is 21.1 Å². The molecule has 0 bridgehead atoms. The molecule has 0 spiro atoms. The van der Waals surface area contributed by atoms with Gasteiger partial charge in [0.15, 0.2) is 0 Å². The molecule has 0 fully saturated rings. The van der Waals surface area contributed by atoms with Crippen LogP contribution in [0.25, 0.3) is 11.0 Å². The number of benzene rings is 1. The van der Waals surface area contributed by atoms with Crippen molar-refractivity contribution >= 4 is 27.2 Å². The molecule has 2 rings (SSSR count). The third-order valence-corrected chi connectivity index (χ3v) is 3.04. The average molecular weight is 253 g/mol. The molecule has 3 nitrogen and oxygen atoms in total. The van der Waals surface area contributed by atoms with E-state index in [0.717, 1.165) is 16.6 Å². The van der Waals surface area contributed by atoms with Crippen molar-refractivity contribution in [3.8, 4) is 0 Å². The number of nitrogens with zero attached hydrogens (tertiary/aromatic N) is 2. The van der Waals surface area contributed by atoms with E-state index in [4.69, 9.17) is 0 Å². The topological polar surface area (TPSA) is 34.9 Å². The first kappa shape index (κ1) is 9.40. The van der Waals surface area contributed by atoms with Crippen molar-refractivity contribution in [3.63, 3.8) is 0 Å². The summed E-state index contributed by atoms with van der Waals surface area (Å²) in [5, 5.41) is 0. The summed E-state index contributed by atoms with van der Waals surface area (Å²) < 4.78 is 1.43. The predicted octanol–water partition coefficient (Wildman–Crippen LogP) is 2.17. The maximum Gasteiger partial charge on any atom is 0.279 e. The summed E-state index contributed by atoms with van der Waals surface area (Å²) in [4.78, 5) is 15.4. The van der Waals surface area contributed by atoms with Crippen LogP contribution in [0.2, 0.25) is 0 Å². The second-order valence-corrected chi connectivity index (χ2v) is 4.01. The quantitative estimate of drug-likeness (QED) is 0.721. The first-order chi connectivity index (χ1) is 6.59. The summed E-state index contributed by atoms with van der Waals surface area (Å²) in [6.45, 7) is 4.04. The van der Waals surface area contributed by atoms with Crippen LogP contribution >= 0.6 is 16.1 Å². The summed E-state index contributed by atoms with van der Waals surface area (Å²) in [6, 6.07) is 3.93. The minimum atomic E-state index is -0.152. The number of hydrogen-bond donors (Lipinski definition) is 0. The molecule has 0 aliphatic rings. The molecule has 0 aliphatic heterocycles. The van der Waals surface area contributed by atoms with Gasteiger partial charge >= 0.3 is 0 Å². The summed E-state index contributed by atoms with van der Waals surface area (Å²) in [7, 11) is 0. The number of aryl methyl sites for hydroxylation is 2. The lowest BCUT2D eigenvalue weighted by molar-refractivity contribution is 1.16. The molecule has 4 heteroatoms. The Morgan fingerprint density at radius 3 is 2.64 bits per heavy atom. The van der Waals surface area contributed by atoms with Crippen LogP contribution in [-0.2, 0) is 0 Å². The smallest absolute Gasteiger partial charge is 0.267 e. The van der Waals surface area contributed by atoms with Gasteiger partial charge < -0.3 is 0 Å². The van der Waals surface area contributed by atoms with E-state index in [-0.39, 0.29) is 5.56 Å². The van der Waals surface area contributed by atoms with Crippen molar-refractivity contribution in [2.75, 3.05) is 0 Å². The zero-order chi connectivity index (χ0) is 10.3. The van der Waals surface area contributed by atoms with Gasteiger partial charge in [-0.2, -0.15) is 0 Å². The highest BCUT2D eigenvalue weighted by Crippen LogP contribution is 2.16. The molecule has 0 aliphatic carbocycles. The predicted molar refractivity (Wildman–Crippen MR) is 59.8 cm³/mol. The van der Waals surface area contributed by atoms with Crippen LogP contribution in [0.3, 0.4) is 0 Å². The lowest BCUT2D eigenvalue weighted by Gasteiger charge is -2.04. The minimum absolute atomic E-state index is 0.152. The summed E-state index contributed by atoms with van der Waals surface area (Å²) in [5.41, 5.74) is 3.81. The Morgan fingerprint density at radius 2 is 1.93 bits per heavy atom. The molecule has 2 aromatic rings. The standard InChI is InChI=1S/C10H9BrN2O/c1-6-3-8-9(4-7(6)2)13(11)10(14)5-12-8/h3-5H,1-2H3. The molecule has 0 amide bonds. The Morgan fingerprint density at radius 1 is 1.29 bits per heavy atom. The van der Waals surface area contributed by atoms with Gasteiger partial charge in [0.05, 0.1) is 33.4 Å². The fourth-order valence-corrected chi connectivity index (χ4v) is 1.72. The molecule has 0 saturated carbocycles. The summed E-state index contributed by atoms with van der Waals surface area (Å²) in [6.07, 6.45) is 1.31. The fourth-order valence-electron chi connectivity index (χ4n) is 1.34. The Balaban J connectivity index is 2.97. The van der Waals surface area contributed by atoms with Crippen LogP contribution in [0, 0.1) is 13.8 Å². The molecule has 0 atom stereocenters. The third-order valence-electron chi connectivity index (χ3n) is 2.31. The zero-order valence-electron chi connectivity index (χ0n) is 7.91. The van der Waals surface area contributed by atoms with Crippen LogP contribution < -0.4 is 5.56 Å². The van der Waals surface area contributed by atoms with Crippen LogP contribution in [0.15, 0.2) is 23.1 Å². The SMILES string of the molecule is Cc1cc2ncc(=O)n(Br)c2cc1C. The second-order valence-electron chi connectivity index (χ2n) is 3.30. The van der Waals surface area contributed by atoms with Gasteiger partial charge in [0.25, 0.3) is 5.56 Å². The van der Waals surface area contributed by atoms with E-state index in [9.17, 15) is 4.79 Å². The molecule has 0 unspecified atom stereocenters. The molecular weight excluding hydrogens is 244 g/mol. The zero-order valence-corrected chi connectivity index (χ0v) is 9.50.